The van der Waals surface area contributed by atoms with Crippen LogP contribution in [0.25, 0.3) is 0 Å². The molecule has 0 saturated heterocycles. The number of carbonyl (C=O) groups is 3. The minimum Gasteiger partial charge on any atom is -0.462 e. The van der Waals surface area contributed by atoms with Crippen LogP contribution in [0.15, 0.2) is 24.3 Å². The van der Waals surface area contributed by atoms with E-state index in [9.17, 15) is 14.4 Å². The molecule has 0 fully saturated rings. The molecule has 0 heterocycles. The minimum atomic E-state index is -0.771. The molecule has 0 aliphatic heterocycles. The van der Waals surface area contributed by atoms with Crippen molar-refractivity contribution in [3.63, 3.8) is 0 Å². The highest BCUT2D eigenvalue weighted by atomic mass is 16.6. The van der Waals surface area contributed by atoms with Crippen molar-refractivity contribution in [2.45, 2.75) is 380 Å². The lowest BCUT2D eigenvalue weighted by Gasteiger charge is -2.18. The van der Waals surface area contributed by atoms with E-state index in [-0.39, 0.29) is 31.1 Å². The van der Waals surface area contributed by atoms with Gasteiger partial charge in [0.05, 0.1) is 0 Å². The Balaban J connectivity index is 4.13. The first kappa shape index (κ1) is 71.9. The first-order chi connectivity index (χ1) is 36.5. The van der Waals surface area contributed by atoms with Crippen LogP contribution in [-0.2, 0) is 28.6 Å². The number of allylic oxidation sites excluding steroid dienone is 4. The number of ether oxygens (including phenoxy) is 3. The molecule has 0 aromatic rings. The molecule has 6 heteroatoms. The van der Waals surface area contributed by atoms with Crippen molar-refractivity contribution < 1.29 is 28.6 Å². The molecule has 74 heavy (non-hydrogen) atoms. The van der Waals surface area contributed by atoms with Gasteiger partial charge in [0, 0.05) is 19.3 Å². The van der Waals surface area contributed by atoms with Crippen LogP contribution in [0.1, 0.15) is 374 Å². The zero-order valence-electron chi connectivity index (χ0n) is 50.1. The van der Waals surface area contributed by atoms with E-state index in [1.165, 1.54) is 270 Å². The number of rotatable bonds is 62. The van der Waals surface area contributed by atoms with E-state index < -0.39 is 6.10 Å². The molecule has 0 aromatic heterocycles. The van der Waals surface area contributed by atoms with E-state index in [2.05, 4.69) is 45.1 Å². The molecule has 0 aliphatic rings. The van der Waals surface area contributed by atoms with Crippen LogP contribution in [0.4, 0.5) is 0 Å². The molecule has 0 aliphatic carbocycles. The molecule has 0 aromatic carbocycles. The van der Waals surface area contributed by atoms with Gasteiger partial charge >= 0.3 is 17.9 Å². The third-order valence-electron chi connectivity index (χ3n) is 15.2. The van der Waals surface area contributed by atoms with E-state index in [1.54, 1.807) is 0 Å². The summed E-state index contributed by atoms with van der Waals surface area (Å²) >= 11 is 0. The fourth-order valence-electron chi connectivity index (χ4n) is 10.1. The summed E-state index contributed by atoms with van der Waals surface area (Å²) < 4.78 is 16.9. The largest absolute Gasteiger partial charge is 0.462 e. The quantitative estimate of drug-likeness (QED) is 0.0261. The molecule has 0 bridgehead atoms. The Bertz CT molecular complexity index is 1190. The van der Waals surface area contributed by atoms with E-state index in [0.717, 1.165) is 64.2 Å². The highest BCUT2D eigenvalue weighted by Crippen LogP contribution is 2.18. The summed E-state index contributed by atoms with van der Waals surface area (Å²) in [6.45, 7) is 6.68. The zero-order chi connectivity index (χ0) is 53.6. The lowest BCUT2D eigenvalue weighted by Crippen LogP contribution is -2.30. The van der Waals surface area contributed by atoms with Crippen LogP contribution in [-0.4, -0.2) is 37.2 Å². The summed E-state index contributed by atoms with van der Waals surface area (Å²) in [6, 6.07) is 0. The standard InChI is InChI=1S/C68H128O6/c1-4-7-10-13-16-19-22-25-27-28-29-30-31-32-33-34-35-36-37-38-39-40-41-44-46-49-52-55-58-61-67(70)73-64-65(63-72-66(69)60-57-54-51-48-45-42-24-21-18-15-12-9-6-3)74-68(71)62-59-56-53-50-47-43-26-23-20-17-14-11-8-5-2/h23,26,28-29,65H,4-22,24-25,27,30-64H2,1-3H3/b26-23-,29-28-. The highest BCUT2D eigenvalue weighted by molar-refractivity contribution is 5.71. The third kappa shape index (κ3) is 60.8. The summed E-state index contributed by atoms with van der Waals surface area (Å²) in [6.07, 6.45) is 76.3. The maximum Gasteiger partial charge on any atom is 0.306 e. The van der Waals surface area contributed by atoms with E-state index in [1.807, 2.05) is 0 Å². The number of unbranched alkanes of at least 4 members (excludes halogenated alkanes) is 47. The summed E-state index contributed by atoms with van der Waals surface area (Å²) in [5.74, 6) is -0.851. The van der Waals surface area contributed by atoms with Crippen LogP contribution >= 0.6 is 0 Å². The monoisotopic (exact) mass is 1040 g/mol. The molecule has 0 N–H and O–H groups in total. The summed E-state index contributed by atoms with van der Waals surface area (Å²) in [5, 5.41) is 0. The normalized spacial score (nSPS) is 12.1. The van der Waals surface area contributed by atoms with Crippen LogP contribution in [0.3, 0.4) is 0 Å². The van der Waals surface area contributed by atoms with Crippen LogP contribution in [0.5, 0.6) is 0 Å². The molecule has 436 valence electrons. The second-order valence-electron chi connectivity index (χ2n) is 22.7. The van der Waals surface area contributed by atoms with Crippen LogP contribution < -0.4 is 0 Å². The van der Waals surface area contributed by atoms with Gasteiger partial charge in [-0.25, -0.2) is 0 Å². The van der Waals surface area contributed by atoms with Gasteiger partial charge in [-0.1, -0.05) is 308 Å². The average molecular weight is 1040 g/mol. The first-order valence-corrected chi connectivity index (χ1v) is 33.3. The summed E-state index contributed by atoms with van der Waals surface area (Å²) in [5.41, 5.74) is 0. The highest BCUT2D eigenvalue weighted by Gasteiger charge is 2.19. The van der Waals surface area contributed by atoms with E-state index in [0.29, 0.717) is 19.3 Å². The minimum absolute atomic E-state index is 0.0688. The fraction of sp³-hybridized carbons (Fsp3) is 0.897. The number of carbonyl (C=O) groups excluding carboxylic acids is 3. The van der Waals surface area contributed by atoms with Gasteiger partial charge in [0.15, 0.2) is 6.10 Å². The molecular weight excluding hydrogens is 913 g/mol. The lowest BCUT2D eigenvalue weighted by atomic mass is 10.0. The summed E-state index contributed by atoms with van der Waals surface area (Å²) in [7, 11) is 0. The second-order valence-corrected chi connectivity index (χ2v) is 22.7. The Morgan fingerprint density at radius 2 is 0.446 bits per heavy atom. The first-order valence-electron chi connectivity index (χ1n) is 33.3. The molecule has 0 amide bonds. The van der Waals surface area contributed by atoms with Crippen molar-refractivity contribution in [2.24, 2.45) is 0 Å². The fourth-order valence-corrected chi connectivity index (χ4v) is 10.1. The van der Waals surface area contributed by atoms with E-state index >= 15 is 0 Å². The Kier molecular flexibility index (Phi) is 61.6. The second kappa shape index (κ2) is 63.4. The van der Waals surface area contributed by atoms with Gasteiger partial charge in [0.2, 0.25) is 0 Å². The molecule has 6 nitrogen and oxygen atoms in total. The molecule has 0 rings (SSSR count). The van der Waals surface area contributed by atoms with Crippen molar-refractivity contribution in [3.05, 3.63) is 24.3 Å². The average Bonchev–Trinajstić information content (AvgIpc) is 3.40. The molecule has 0 radical (unpaired) electrons. The lowest BCUT2D eigenvalue weighted by molar-refractivity contribution is -0.167. The van der Waals surface area contributed by atoms with Gasteiger partial charge in [-0.2, -0.15) is 0 Å². The Morgan fingerprint density at radius 1 is 0.257 bits per heavy atom. The molecular formula is C68H128O6. The zero-order valence-corrected chi connectivity index (χ0v) is 50.1. The van der Waals surface area contributed by atoms with Crippen molar-refractivity contribution in [2.75, 3.05) is 13.2 Å². The topological polar surface area (TPSA) is 78.9 Å². The smallest absolute Gasteiger partial charge is 0.306 e. The van der Waals surface area contributed by atoms with Gasteiger partial charge in [-0.3, -0.25) is 14.4 Å². The maximum atomic E-state index is 12.9. The Morgan fingerprint density at radius 3 is 0.676 bits per heavy atom. The Labute approximate surface area is 462 Å². The van der Waals surface area contributed by atoms with Gasteiger partial charge in [0.25, 0.3) is 0 Å². The van der Waals surface area contributed by atoms with E-state index in [4.69, 9.17) is 14.2 Å². The summed E-state index contributed by atoms with van der Waals surface area (Å²) in [4.78, 5) is 38.2. The molecule has 0 spiro atoms. The predicted octanol–water partition coefficient (Wildman–Crippen LogP) is 22.6. The van der Waals surface area contributed by atoms with Gasteiger partial charge in [-0.05, 0) is 70.6 Å². The van der Waals surface area contributed by atoms with Crippen molar-refractivity contribution in [1.29, 1.82) is 0 Å². The predicted molar refractivity (Wildman–Crippen MR) is 321 cm³/mol. The SMILES string of the molecule is CCCCCCC/C=C\CCCCCCCC(=O)OC(COC(=O)CCCCCCCCCCCCCCC)COC(=O)CCCCCCCCCCCCCCCCCCC/C=C\CCCCCCCCCC. The van der Waals surface area contributed by atoms with Crippen molar-refractivity contribution in [1.82, 2.24) is 0 Å². The van der Waals surface area contributed by atoms with Gasteiger partial charge in [0.1, 0.15) is 13.2 Å². The van der Waals surface area contributed by atoms with Crippen LogP contribution in [0.2, 0.25) is 0 Å². The molecule has 1 unspecified atom stereocenters. The number of hydrogen-bond donors (Lipinski definition) is 0. The molecule has 1 atom stereocenters. The number of hydrogen-bond acceptors (Lipinski definition) is 6. The van der Waals surface area contributed by atoms with Crippen molar-refractivity contribution in [3.8, 4) is 0 Å². The Hall–Kier alpha value is -2.11. The third-order valence-corrected chi connectivity index (χ3v) is 15.2. The maximum absolute atomic E-state index is 12.9. The number of esters is 3. The van der Waals surface area contributed by atoms with Crippen LogP contribution in [0, 0.1) is 0 Å². The van der Waals surface area contributed by atoms with Gasteiger partial charge < -0.3 is 14.2 Å². The van der Waals surface area contributed by atoms with Crippen molar-refractivity contribution >= 4 is 17.9 Å². The molecule has 0 saturated carbocycles. The van der Waals surface area contributed by atoms with Gasteiger partial charge in [-0.15, -0.1) is 0 Å².